The largest absolute Gasteiger partial charge is 0.356 e. The molecule has 4 heterocycles. The Bertz CT molecular complexity index is 411. The van der Waals surface area contributed by atoms with Crippen LogP contribution in [0.5, 0.6) is 0 Å². The third kappa shape index (κ3) is 0.941. The van der Waals surface area contributed by atoms with E-state index in [9.17, 15) is 0 Å². The van der Waals surface area contributed by atoms with Crippen LogP contribution >= 0.6 is 0 Å². The number of fused-ring (bicyclic) bond motifs is 2. The lowest BCUT2D eigenvalue weighted by molar-refractivity contribution is 0.469. The molecular formula is C11H11N3. The summed E-state index contributed by atoms with van der Waals surface area (Å²) in [6.45, 7) is 2.27. The average Bonchev–Trinajstić information content (AvgIpc) is 2.30. The van der Waals surface area contributed by atoms with Crippen LogP contribution in [-0.2, 0) is 0 Å². The van der Waals surface area contributed by atoms with Crippen LogP contribution in [0.3, 0.4) is 0 Å². The molecule has 1 fully saturated rings. The Morgan fingerprint density at radius 2 is 2.21 bits per heavy atom. The molecule has 14 heavy (non-hydrogen) atoms. The summed E-state index contributed by atoms with van der Waals surface area (Å²) in [6, 6.07) is 4.17. The Kier molecular flexibility index (Phi) is 1.51. The maximum absolute atomic E-state index is 8.81. The Labute approximate surface area is 83.0 Å². The first-order valence-electron chi connectivity index (χ1n) is 5.03. The van der Waals surface area contributed by atoms with Crippen molar-refractivity contribution >= 4 is 5.82 Å². The van der Waals surface area contributed by atoms with E-state index >= 15 is 0 Å². The fourth-order valence-electron chi connectivity index (χ4n) is 2.50. The zero-order valence-electron chi connectivity index (χ0n) is 7.90. The molecule has 0 aliphatic carbocycles. The first-order valence-corrected chi connectivity index (χ1v) is 5.03. The lowest BCUT2D eigenvalue weighted by atomic mass is 9.84. The van der Waals surface area contributed by atoms with Crippen LogP contribution in [0.1, 0.15) is 29.9 Å². The van der Waals surface area contributed by atoms with Crippen molar-refractivity contribution in [3.8, 4) is 6.07 Å². The summed E-state index contributed by atoms with van der Waals surface area (Å²) in [5.74, 6) is 1.77. The van der Waals surface area contributed by atoms with Gasteiger partial charge >= 0.3 is 0 Å². The van der Waals surface area contributed by atoms with Crippen molar-refractivity contribution in [2.24, 2.45) is 0 Å². The van der Waals surface area contributed by atoms with Crippen molar-refractivity contribution in [2.75, 3.05) is 18.0 Å². The van der Waals surface area contributed by atoms with Gasteiger partial charge in [0.25, 0.3) is 0 Å². The van der Waals surface area contributed by atoms with Gasteiger partial charge in [0.15, 0.2) is 0 Å². The molecule has 70 valence electrons. The molecule has 0 aromatic carbocycles. The Balaban J connectivity index is 2.16. The van der Waals surface area contributed by atoms with E-state index in [1.807, 2.05) is 6.07 Å². The SMILES string of the molecule is N#Cc1cnc2c(c1)C1CCN2CC1. The smallest absolute Gasteiger partial charge is 0.132 e. The van der Waals surface area contributed by atoms with E-state index in [-0.39, 0.29) is 0 Å². The fraction of sp³-hybridized carbons (Fsp3) is 0.455. The van der Waals surface area contributed by atoms with Gasteiger partial charge < -0.3 is 4.90 Å². The minimum absolute atomic E-state index is 0.649. The van der Waals surface area contributed by atoms with Gasteiger partial charge in [0.05, 0.1) is 5.56 Å². The zero-order valence-corrected chi connectivity index (χ0v) is 7.90. The lowest BCUT2D eigenvalue weighted by Crippen LogP contribution is -2.39. The van der Waals surface area contributed by atoms with Gasteiger partial charge in [-0.2, -0.15) is 5.26 Å². The van der Waals surface area contributed by atoms with Crippen LogP contribution in [-0.4, -0.2) is 18.1 Å². The molecule has 1 saturated heterocycles. The maximum atomic E-state index is 8.81. The molecule has 4 rings (SSSR count). The molecular weight excluding hydrogens is 174 g/mol. The summed E-state index contributed by atoms with van der Waals surface area (Å²) < 4.78 is 0. The monoisotopic (exact) mass is 185 g/mol. The first-order chi connectivity index (χ1) is 6.88. The third-order valence-electron chi connectivity index (χ3n) is 3.26. The molecule has 0 unspecified atom stereocenters. The van der Waals surface area contributed by atoms with Crippen LogP contribution in [0.2, 0.25) is 0 Å². The van der Waals surface area contributed by atoms with Crippen LogP contribution in [0.4, 0.5) is 5.82 Å². The fourth-order valence-corrected chi connectivity index (χ4v) is 2.50. The number of hydrogen-bond acceptors (Lipinski definition) is 3. The van der Waals surface area contributed by atoms with Crippen molar-refractivity contribution in [3.63, 3.8) is 0 Å². The van der Waals surface area contributed by atoms with Crippen molar-refractivity contribution in [1.82, 2.24) is 4.98 Å². The predicted octanol–water partition coefficient (Wildman–Crippen LogP) is 1.65. The van der Waals surface area contributed by atoms with E-state index in [0.717, 1.165) is 18.9 Å². The molecule has 2 bridgehead atoms. The average molecular weight is 185 g/mol. The second-order valence-electron chi connectivity index (χ2n) is 4.01. The summed E-state index contributed by atoms with van der Waals surface area (Å²) in [7, 11) is 0. The standard InChI is InChI=1S/C11H11N3/c12-6-8-5-10-9-1-3-14(4-2-9)11(10)13-7-8/h5,7,9H,1-4H2. The maximum Gasteiger partial charge on any atom is 0.132 e. The number of nitriles is 1. The molecule has 3 aliphatic heterocycles. The number of anilines is 1. The van der Waals surface area contributed by atoms with Crippen LogP contribution in [0.25, 0.3) is 0 Å². The highest BCUT2D eigenvalue weighted by molar-refractivity contribution is 5.55. The van der Waals surface area contributed by atoms with Crippen LogP contribution < -0.4 is 4.90 Å². The van der Waals surface area contributed by atoms with Gasteiger partial charge in [-0.25, -0.2) is 4.98 Å². The number of rotatable bonds is 0. The summed E-state index contributed by atoms with van der Waals surface area (Å²) in [5, 5.41) is 8.81. The van der Waals surface area contributed by atoms with Crippen molar-refractivity contribution in [1.29, 1.82) is 5.26 Å². The first kappa shape index (κ1) is 7.81. The summed E-state index contributed by atoms with van der Waals surface area (Å²) in [6.07, 6.45) is 4.13. The second kappa shape index (κ2) is 2.71. The normalized spacial score (nSPS) is 19.2. The van der Waals surface area contributed by atoms with E-state index in [1.54, 1.807) is 6.20 Å². The van der Waals surface area contributed by atoms with Gasteiger partial charge in [0.2, 0.25) is 0 Å². The molecule has 3 nitrogen and oxygen atoms in total. The van der Waals surface area contributed by atoms with Crippen molar-refractivity contribution in [3.05, 3.63) is 23.4 Å². The molecule has 0 N–H and O–H groups in total. The van der Waals surface area contributed by atoms with Gasteiger partial charge in [-0.15, -0.1) is 0 Å². The summed E-state index contributed by atoms with van der Waals surface area (Å²) in [5.41, 5.74) is 1.99. The second-order valence-corrected chi connectivity index (χ2v) is 4.01. The molecule has 1 aromatic heterocycles. The van der Waals surface area contributed by atoms with Gasteiger partial charge in [-0.1, -0.05) is 0 Å². The minimum Gasteiger partial charge on any atom is -0.356 e. The number of aromatic nitrogens is 1. The molecule has 1 aromatic rings. The number of hydrogen-bond donors (Lipinski definition) is 0. The highest BCUT2D eigenvalue weighted by Gasteiger charge is 2.31. The molecule has 0 atom stereocenters. The van der Waals surface area contributed by atoms with E-state index in [2.05, 4.69) is 16.0 Å². The molecule has 3 aliphatic rings. The molecule has 0 spiro atoms. The number of pyridine rings is 1. The topological polar surface area (TPSA) is 39.9 Å². The van der Waals surface area contributed by atoms with E-state index in [1.165, 1.54) is 18.4 Å². The van der Waals surface area contributed by atoms with Gasteiger partial charge in [-0.05, 0) is 30.4 Å². The number of piperidine rings is 1. The Hall–Kier alpha value is -1.56. The quantitative estimate of drug-likeness (QED) is 0.617. The highest BCUT2D eigenvalue weighted by atomic mass is 15.2. The van der Waals surface area contributed by atoms with Crippen molar-refractivity contribution < 1.29 is 0 Å². The third-order valence-corrected chi connectivity index (χ3v) is 3.26. The zero-order chi connectivity index (χ0) is 9.54. The van der Waals surface area contributed by atoms with Crippen LogP contribution in [0, 0.1) is 11.3 Å². The molecule has 3 heteroatoms. The predicted molar refractivity (Wildman–Crippen MR) is 53.1 cm³/mol. The van der Waals surface area contributed by atoms with Crippen LogP contribution in [0.15, 0.2) is 12.3 Å². The van der Waals surface area contributed by atoms with E-state index < -0.39 is 0 Å². The summed E-state index contributed by atoms with van der Waals surface area (Å²) in [4.78, 5) is 6.71. The minimum atomic E-state index is 0.649. The van der Waals surface area contributed by atoms with Gasteiger partial charge in [-0.3, -0.25) is 0 Å². The van der Waals surface area contributed by atoms with E-state index in [0.29, 0.717) is 11.5 Å². The Morgan fingerprint density at radius 3 is 2.93 bits per heavy atom. The van der Waals surface area contributed by atoms with Gasteiger partial charge in [0, 0.05) is 19.3 Å². The van der Waals surface area contributed by atoms with Gasteiger partial charge in [0.1, 0.15) is 11.9 Å². The van der Waals surface area contributed by atoms with Crippen molar-refractivity contribution in [2.45, 2.75) is 18.8 Å². The Morgan fingerprint density at radius 1 is 1.43 bits per heavy atom. The molecule has 0 radical (unpaired) electrons. The highest BCUT2D eigenvalue weighted by Crippen LogP contribution is 2.40. The number of nitrogens with zero attached hydrogens (tertiary/aromatic N) is 3. The molecule has 0 saturated carbocycles. The summed E-state index contributed by atoms with van der Waals surface area (Å²) >= 11 is 0. The lowest BCUT2D eigenvalue weighted by Gasteiger charge is -2.40. The van der Waals surface area contributed by atoms with E-state index in [4.69, 9.17) is 5.26 Å². The molecule has 0 amide bonds.